The third kappa shape index (κ3) is 0.988. The van der Waals surface area contributed by atoms with Crippen molar-refractivity contribution in [3.8, 4) is 0 Å². The molecule has 1 aliphatic heterocycles. The lowest BCUT2D eigenvalue weighted by Crippen LogP contribution is -2.33. The van der Waals surface area contributed by atoms with Crippen LogP contribution >= 0.6 is 0 Å². The van der Waals surface area contributed by atoms with Crippen LogP contribution in [0.15, 0.2) is 12.2 Å². The summed E-state index contributed by atoms with van der Waals surface area (Å²) >= 11 is 0. The second-order valence-electron chi connectivity index (χ2n) is 3.51. The Balaban J connectivity index is 2.05. The quantitative estimate of drug-likeness (QED) is 0.450. The highest BCUT2D eigenvalue weighted by Crippen LogP contribution is 2.37. The van der Waals surface area contributed by atoms with Crippen molar-refractivity contribution in [2.75, 3.05) is 13.1 Å². The smallest absolute Gasteiger partial charge is 0.0224 e. The fraction of sp³-hybridized carbons (Fsp3) is 0.778. The molecule has 2 aliphatic rings. The third-order valence-electron chi connectivity index (χ3n) is 2.70. The van der Waals surface area contributed by atoms with E-state index in [1.165, 1.54) is 25.7 Å². The Morgan fingerprint density at radius 3 is 2.90 bits per heavy atom. The predicted octanol–water partition coefficient (Wildman–Crippen LogP) is 1.72. The van der Waals surface area contributed by atoms with Crippen LogP contribution in [0.1, 0.15) is 25.7 Å². The molecule has 10 heavy (non-hydrogen) atoms. The average molecular weight is 136 g/mol. The summed E-state index contributed by atoms with van der Waals surface area (Å²) in [5.41, 5.74) is 0.526. The van der Waals surface area contributed by atoms with Crippen LogP contribution in [0.2, 0.25) is 0 Å². The van der Waals surface area contributed by atoms with Gasteiger partial charge in [0.15, 0.2) is 0 Å². The molecular formula is C9H14N. The van der Waals surface area contributed by atoms with Gasteiger partial charge in [-0.3, -0.25) is 0 Å². The Hall–Kier alpha value is -0.300. The van der Waals surface area contributed by atoms with Gasteiger partial charge in [0.2, 0.25) is 0 Å². The third-order valence-corrected chi connectivity index (χ3v) is 2.70. The molecule has 1 nitrogen and oxygen atoms in total. The van der Waals surface area contributed by atoms with Crippen LogP contribution in [0.25, 0.3) is 0 Å². The average Bonchev–Trinajstić information content (AvgIpc) is 2.39. The number of rotatable bonds is 0. The van der Waals surface area contributed by atoms with E-state index in [-0.39, 0.29) is 0 Å². The Morgan fingerprint density at radius 1 is 1.30 bits per heavy atom. The molecule has 1 heterocycles. The molecule has 0 saturated carbocycles. The SMILES string of the molecule is C1=CC2(CC1)CCC[N]C2. The molecule has 0 bridgehead atoms. The fourth-order valence-corrected chi connectivity index (χ4v) is 2.05. The van der Waals surface area contributed by atoms with E-state index in [0.717, 1.165) is 13.1 Å². The normalized spacial score (nSPS) is 39.2. The minimum atomic E-state index is 0.526. The van der Waals surface area contributed by atoms with Crippen LogP contribution in [0.3, 0.4) is 0 Å². The summed E-state index contributed by atoms with van der Waals surface area (Å²) in [4.78, 5) is 0. The second kappa shape index (κ2) is 2.39. The zero-order valence-corrected chi connectivity index (χ0v) is 6.34. The Morgan fingerprint density at radius 2 is 2.30 bits per heavy atom. The summed E-state index contributed by atoms with van der Waals surface area (Å²) in [6.07, 6.45) is 10.1. The van der Waals surface area contributed by atoms with Crippen LogP contribution in [0, 0.1) is 5.41 Å². The van der Waals surface area contributed by atoms with E-state index in [2.05, 4.69) is 17.5 Å². The molecule has 0 aromatic rings. The molecule has 1 spiro atoms. The van der Waals surface area contributed by atoms with Gasteiger partial charge in [0.1, 0.15) is 0 Å². The number of piperidine rings is 1. The van der Waals surface area contributed by atoms with Gasteiger partial charge in [-0.05, 0) is 25.7 Å². The van der Waals surface area contributed by atoms with Crippen LogP contribution in [0.4, 0.5) is 0 Å². The highest BCUT2D eigenvalue weighted by molar-refractivity contribution is 5.08. The molecule has 55 valence electrons. The fourth-order valence-electron chi connectivity index (χ4n) is 2.05. The van der Waals surface area contributed by atoms with Crippen LogP contribution < -0.4 is 5.32 Å². The molecule has 0 N–H and O–H groups in total. The Labute approximate surface area is 62.5 Å². The number of nitrogens with zero attached hydrogens (tertiary/aromatic N) is 1. The van der Waals surface area contributed by atoms with Gasteiger partial charge in [0.05, 0.1) is 0 Å². The lowest BCUT2D eigenvalue weighted by atomic mass is 9.80. The van der Waals surface area contributed by atoms with Crippen molar-refractivity contribution in [3.63, 3.8) is 0 Å². The molecule has 1 atom stereocenters. The van der Waals surface area contributed by atoms with Crippen molar-refractivity contribution in [2.45, 2.75) is 25.7 Å². The van der Waals surface area contributed by atoms with Crippen molar-refractivity contribution in [2.24, 2.45) is 5.41 Å². The van der Waals surface area contributed by atoms with Gasteiger partial charge in [0, 0.05) is 18.5 Å². The standard InChI is InChI=1S/C9H14N/c1-2-5-9(4-1)6-3-7-10-8-9/h1,4H,2-3,5-8H2. The van der Waals surface area contributed by atoms with Crippen LogP contribution in [-0.2, 0) is 0 Å². The highest BCUT2D eigenvalue weighted by atomic mass is 14.9. The maximum Gasteiger partial charge on any atom is 0.0224 e. The van der Waals surface area contributed by atoms with Gasteiger partial charge < -0.3 is 0 Å². The van der Waals surface area contributed by atoms with Crippen molar-refractivity contribution in [3.05, 3.63) is 12.2 Å². The van der Waals surface area contributed by atoms with Crippen molar-refractivity contribution >= 4 is 0 Å². The van der Waals surface area contributed by atoms with E-state index in [1.807, 2.05) is 0 Å². The van der Waals surface area contributed by atoms with E-state index in [0.29, 0.717) is 5.41 Å². The summed E-state index contributed by atoms with van der Waals surface area (Å²) < 4.78 is 0. The lowest BCUT2D eigenvalue weighted by molar-refractivity contribution is 0.270. The van der Waals surface area contributed by atoms with Gasteiger partial charge in [-0.15, -0.1) is 0 Å². The van der Waals surface area contributed by atoms with E-state index >= 15 is 0 Å². The van der Waals surface area contributed by atoms with Crippen LogP contribution in [-0.4, -0.2) is 13.1 Å². The first kappa shape index (κ1) is 6.41. The van der Waals surface area contributed by atoms with E-state index in [1.54, 1.807) is 0 Å². The molecule has 1 saturated heterocycles. The first-order chi connectivity index (χ1) is 4.91. The predicted molar refractivity (Wildman–Crippen MR) is 41.9 cm³/mol. The molecule has 0 amide bonds. The highest BCUT2D eigenvalue weighted by Gasteiger charge is 2.31. The molecule has 0 aromatic heterocycles. The molecule has 1 aliphatic carbocycles. The van der Waals surface area contributed by atoms with Gasteiger partial charge >= 0.3 is 0 Å². The molecular weight excluding hydrogens is 122 g/mol. The Kier molecular flexibility index (Phi) is 1.53. The number of hydrogen-bond acceptors (Lipinski definition) is 0. The summed E-state index contributed by atoms with van der Waals surface area (Å²) in [7, 11) is 0. The second-order valence-corrected chi connectivity index (χ2v) is 3.51. The summed E-state index contributed by atoms with van der Waals surface area (Å²) in [6, 6.07) is 0. The maximum absolute atomic E-state index is 4.46. The topological polar surface area (TPSA) is 14.1 Å². The van der Waals surface area contributed by atoms with Gasteiger partial charge in [-0.25, -0.2) is 5.32 Å². The minimum Gasteiger partial charge on any atom is -0.241 e. The summed E-state index contributed by atoms with van der Waals surface area (Å²) in [5.74, 6) is 0. The first-order valence-corrected chi connectivity index (χ1v) is 4.22. The van der Waals surface area contributed by atoms with Gasteiger partial charge in [-0.1, -0.05) is 12.2 Å². The van der Waals surface area contributed by atoms with Crippen molar-refractivity contribution in [1.29, 1.82) is 0 Å². The van der Waals surface area contributed by atoms with E-state index < -0.39 is 0 Å². The van der Waals surface area contributed by atoms with E-state index in [4.69, 9.17) is 0 Å². The van der Waals surface area contributed by atoms with E-state index in [9.17, 15) is 0 Å². The first-order valence-electron chi connectivity index (χ1n) is 4.22. The zero-order valence-electron chi connectivity index (χ0n) is 6.34. The number of hydrogen-bond donors (Lipinski definition) is 0. The molecule has 1 unspecified atom stereocenters. The maximum atomic E-state index is 4.46. The molecule has 0 aromatic carbocycles. The molecule has 1 heteroatoms. The minimum absolute atomic E-state index is 0.526. The van der Waals surface area contributed by atoms with Gasteiger partial charge in [-0.2, -0.15) is 0 Å². The van der Waals surface area contributed by atoms with Crippen LogP contribution in [0.5, 0.6) is 0 Å². The summed E-state index contributed by atoms with van der Waals surface area (Å²) in [6.45, 7) is 2.21. The molecule has 1 radical (unpaired) electrons. The van der Waals surface area contributed by atoms with Gasteiger partial charge in [0.25, 0.3) is 0 Å². The molecule has 1 fully saturated rings. The molecule has 2 rings (SSSR count). The lowest BCUT2D eigenvalue weighted by Gasteiger charge is -2.31. The largest absolute Gasteiger partial charge is 0.241 e. The zero-order chi connectivity index (χ0) is 6.86. The monoisotopic (exact) mass is 136 g/mol. The summed E-state index contributed by atoms with van der Waals surface area (Å²) in [5, 5.41) is 4.46. The van der Waals surface area contributed by atoms with Crippen molar-refractivity contribution in [1.82, 2.24) is 5.32 Å². The Bertz CT molecular complexity index is 143. The number of allylic oxidation sites excluding steroid dienone is 1. The van der Waals surface area contributed by atoms with Crippen molar-refractivity contribution < 1.29 is 0 Å².